The number of hydrogen-bond donors (Lipinski definition) is 0. The van der Waals surface area contributed by atoms with Gasteiger partial charge in [-0.3, -0.25) is 0 Å². The molecule has 0 spiro atoms. The first-order valence-corrected chi connectivity index (χ1v) is 6.41. The third kappa shape index (κ3) is 2.32. The normalized spacial score (nSPS) is 12.2. The predicted molar refractivity (Wildman–Crippen MR) is 84.6 cm³/mol. The molecule has 19 heavy (non-hydrogen) atoms. The Kier molecular flexibility index (Phi) is 3.86. The average molecular weight is 249 g/mol. The van der Waals surface area contributed by atoms with E-state index < -0.39 is 0 Å². The number of rotatable bonds is 3. The zero-order chi connectivity index (χ0) is 13.8. The van der Waals surface area contributed by atoms with Gasteiger partial charge in [-0.2, -0.15) is 0 Å². The maximum absolute atomic E-state index is 4.23. The summed E-state index contributed by atoms with van der Waals surface area (Å²) in [6, 6.07) is 10.3. The van der Waals surface area contributed by atoms with Crippen molar-refractivity contribution in [1.82, 2.24) is 4.57 Å². The molecule has 2 rings (SSSR count). The molecular weight excluding hydrogens is 230 g/mol. The summed E-state index contributed by atoms with van der Waals surface area (Å²) < 4.78 is 2.19. The molecule has 2 aromatic rings. The number of aromatic nitrogens is 1. The molecule has 0 aliphatic carbocycles. The van der Waals surface area contributed by atoms with Gasteiger partial charge >= 0.3 is 0 Å². The van der Waals surface area contributed by atoms with Crippen LogP contribution < -0.4 is 10.6 Å². The number of allylic oxidation sites excluding steroid dienone is 2. The molecule has 1 heterocycles. The second-order valence-electron chi connectivity index (χ2n) is 4.43. The number of hydrogen-bond acceptors (Lipinski definition) is 0. The lowest BCUT2D eigenvalue weighted by Gasteiger charge is -2.06. The van der Waals surface area contributed by atoms with E-state index >= 15 is 0 Å². The van der Waals surface area contributed by atoms with Crippen LogP contribution in [0.4, 0.5) is 0 Å². The Labute approximate surface area is 114 Å². The van der Waals surface area contributed by atoms with Gasteiger partial charge in [-0.05, 0) is 26.0 Å². The highest BCUT2D eigenvalue weighted by Gasteiger charge is 2.08. The Balaban J connectivity index is 2.85. The van der Waals surface area contributed by atoms with Gasteiger partial charge in [0.25, 0.3) is 0 Å². The smallest absolute Gasteiger partial charge is 0.0465 e. The van der Waals surface area contributed by atoms with Crippen LogP contribution in [0.15, 0.2) is 49.1 Å². The molecule has 1 heteroatoms. The largest absolute Gasteiger partial charge is 0.314 e. The summed E-state index contributed by atoms with van der Waals surface area (Å²) in [6.07, 6.45) is 8.01. The van der Waals surface area contributed by atoms with Crippen LogP contribution in [0.5, 0.6) is 0 Å². The molecule has 1 aromatic heterocycles. The first-order valence-electron chi connectivity index (χ1n) is 6.41. The number of para-hydroxylation sites is 1. The molecule has 1 nitrogen and oxygen atoms in total. The van der Waals surface area contributed by atoms with E-state index in [4.69, 9.17) is 0 Å². The molecule has 0 unspecified atom stereocenters. The van der Waals surface area contributed by atoms with E-state index in [2.05, 4.69) is 48.9 Å². The topological polar surface area (TPSA) is 4.93 Å². The van der Waals surface area contributed by atoms with Crippen molar-refractivity contribution in [1.29, 1.82) is 0 Å². The van der Waals surface area contributed by atoms with Gasteiger partial charge in [0, 0.05) is 27.5 Å². The molecule has 1 aromatic carbocycles. The van der Waals surface area contributed by atoms with Crippen molar-refractivity contribution >= 4 is 18.7 Å². The number of benzene rings is 1. The van der Waals surface area contributed by atoms with Crippen molar-refractivity contribution in [3.05, 3.63) is 70.9 Å². The van der Waals surface area contributed by atoms with Crippen molar-refractivity contribution in [3.8, 4) is 5.69 Å². The lowest BCUT2D eigenvalue weighted by molar-refractivity contribution is 0.978. The molecule has 0 fully saturated rings. The van der Waals surface area contributed by atoms with Gasteiger partial charge in [0.2, 0.25) is 0 Å². The van der Waals surface area contributed by atoms with Gasteiger partial charge in [0.15, 0.2) is 0 Å². The Bertz CT molecular complexity index is 715. The molecule has 0 saturated heterocycles. The molecule has 0 amide bonds. The van der Waals surface area contributed by atoms with Crippen molar-refractivity contribution in [2.24, 2.45) is 0 Å². The fourth-order valence-electron chi connectivity index (χ4n) is 2.40. The maximum Gasteiger partial charge on any atom is 0.0465 e. The summed E-state index contributed by atoms with van der Waals surface area (Å²) in [5.74, 6) is 0. The van der Waals surface area contributed by atoms with Gasteiger partial charge in [-0.15, -0.1) is 0 Å². The van der Waals surface area contributed by atoms with E-state index in [0.717, 1.165) is 16.3 Å². The summed E-state index contributed by atoms with van der Waals surface area (Å²) in [5.41, 5.74) is 3.54. The van der Waals surface area contributed by atoms with Crippen molar-refractivity contribution < 1.29 is 0 Å². The minimum Gasteiger partial charge on any atom is -0.314 e. The van der Waals surface area contributed by atoms with Gasteiger partial charge < -0.3 is 4.57 Å². The molecule has 0 aliphatic rings. The molecule has 0 saturated carbocycles. The Morgan fingerprint density at radius 3 is 2.42 bits per heavy atom. The Morgan fingerprint density at radius 2 is 1.84 bits per heavy atom. The van der Waals surface area contributed by atoms with Gasteiger partial charge in [0.1, 0.15) is 0 Å². The summed E-state index contributed by atoms with van der Waals surface area (Å²) in [5, 5.41) is 2.13. The molecule has 0 N–H and O–H groups in total. The maximum atomic E-state index is 4.23. The minimum absolute atomic E-state index is 0.997. The third-order valence-corrected chi connectivity index (χ3v) is 3.23. The SMILES string of the molecule is C=C/C=c1/c(/C=C\C)c(C)n(-c2ccccc2)c1=C. The second-order valence-corrected chi connectivity index (χ2v) is 4.43. The quantitative estimate of drug-likeness (QED) is 0.787. The summed E-state index contributed by atoms with van der Waals surface area (Å²) in [6.45, 7) is 12.2. The van der Waals surface area contributed by atoms with Crippen LogP contribution in [-0.2, 0) is 0 Å². The molecule has 0 aliphatic heterocycles. The van der Waals surface area contributed by atoms with Gasteiger partial charge in [0.05, 0.1) is 0 Å². The van der Waals surface area contributed by atoms with Gasteiger partial charge in [-0.25, -0.2) is 0 Å². The predicted octanol–water partition coefficient (Wildman–Crippen LogP) is 3.20. The fraction of sp³-hybridized carbons (Fsp3) is 0.111. The standard InChI is InChI=1S/C18H19N/c1-5-10-17-14(3)19(15(4)18(17)11-6-2)16-12-8-7-9-13-16/h5-13H,1,3H2,2,4H3/b11-6-,17-10+. The van der Waals surface area contributed by atoms with E-state index in [1.807, 2.05) is 37.3 Å². The van der Waals surface area contributed by atoms with Crippen LogP contribution in [0, 0.1) is 6.92 Å². The average Bonchev–Trinajstić information content (AvgIpc) is 2.65. The fourth-order valence-corrected chi connectivity index (χ4v) is 2.40. The lowest BCUT2D eigenvalue weighted by Crippen LogP contribution is -2.27. The lowest BCUT2D eigenvalue weighted by atomic mass is 10.2. The van der Waals surface area contributed by atoms with Crippen LogP contribution in [0.25, 0.3) is 24.4 Å². The summed E-state index contributed by atoms with van der Waals surface area (Å²) in [4.78, 5) is 0. The van der Waals surface area contributed by atoms with Crippen molar-refractivity contribution in [3.63, 3.8) is 0 Å². The Morgan fingerprint density at radius 1 is 1.16 bits per heavy atom. The van der Waals surface area contributed by atoms with Crippen LogP contribution in [-0.4, -0.2) is 4.57 Å². The van der Waals surface area contributed by atoms with Crippen LogP contribution in [0.1, 0.15) is 18.2 Å². The highest BCUT2D eigenvalue weighted by molar-refractivity contribution is 5.59. The van der Waals surface area contributed by atoms with E-state index in [-0.39, 0.29) is 0 Å². The Hall–Kier alpha value is -2.28. The molecule has 96 valence electrons. The zero-order valence-corrected chi connectivity index (χ0v) is 11.6. The van der Waals surface area contributed by atoms with E-state index in [1.54, 1.807) is 0 Å². The monoisotopic (exact) mass is 249 g/mol. The molecule has 0 radical (unpaired) electrons. The first-order chi connectivity index (χ1) is 9.20. The highest BCUT2D eigenvalue weighted by Crippen LogP contribution is 2.11. The van der Waals surface area contributed by atoms with Crippen LogP contribution in [0.2, 0.25) is 0 Å². The van der Waals surface area contributed by atoms with Crippen molar-refractivity contribution in [2.75, 3.05) is 0 Å². The molecule has 0 atom stereocenters. The summed E-state index contributed by atoms with van der Waals surface area (Å²) >= 11 is 0. The second kappa shape index (κ2) is 5.57. The zero-order valence-electron chi connectivity index (χ0n) is 11.6. The molecule has 0 bridgehead atoms. The minimum atomic E-state index is 0.997. The van der Waals surface area contributed by atoms with Crippen LogP contribution in [0.3, 0.4) is 0 Å². The highest BCUT2D eigenvalue weighted by atomic mass is 15.0. The number of nitrogens with zero attached hydrogens (tertiary/aromatic N) is 1. The van der Waals surface area contributed by atoms with E-state index in [0.29, 0.717) is 0 Å². The summed E-state index contributed by atoms with van der Waals surface area (Å²) in [7, 11) is 0. The molecular formula is C18H19N. The van der Waals surface area contributed by atoms with E-state index in [1.165, 1.54) is 11.3 Å². The first kappa shape index (κ1) is 13.2. The van der Waals surface area contributed by atoms with E-state index in [9.17, 15) is 0 Å². The van der Waals surface area contributed by atoms with Gasteiger partial charge in [-0.1, -0.05) is 55.7 Å². The third-order valence-electron chi connectivity index (χ3n) is 3.23. The van der Waals surface area contributed by atoms with Crippen LogP contribution >= 0.6 is 0 Å². The van der Waals surface area contributed by atoms with Crippen molar-refractivity contribution in [2.45, 2.75) is 13.8 Å².